The minimum Gasteiger partial charge on any atom is -0.295 e. The SMILES string of the molecule is CCc1nc2cccc(Cl)c2n1-c1cccc(Cl)c1. The number of nitrogens with zero attached hydrogens (tertiary/aromatic N) is 2. The zero-order valence-corrected chi connectivity index (χ0v) is 11.9. The van der Waals surface area contributed by atoms with E-state index in [1.165, 1.54) is 0 Å². The lowest BCUT2D eigenvalue weighted by Crippen LogP contribution is -2.00. The molecule has 0 saturated carbocycles. The molecule has 0 fully saturated rings. The lowest BCUT2D eigenvalue weighted by atomic mass is 10.2. The number of aryl methyl sites for hydroxylation is 1. The fraction of sp³-hybridized carbons (Fsp3) is 0.133. The summed E-state index contributed by atoms with van der Waals surface area (Å²) in [4.78, 5) is 4.63. The molecule has 0 spiro atoms. The fourth-order valence-electron chi connectivity index (χ4n) is 2.26. The molecule has 19 heavy (non-hydrogen) atoms. The second kappa shape index (κ2) is 4.87. The van der Waals surface area contributed by atoms with Crippen molar-refractivity contribution >= 4 is 34.2 Å². The summed E-state index contributed by atoms with van der Waals surface area (Å²) in [5.74, 6) is 0.977. The summed E-state index contributed by atoms with van der Waals surface area (Å²) in [5.41, 5.74) is 2.83. The maximum atomic E-state index is 6.33. The fourth-order valence-corrected chi connectivity index (χ4v) is 2.70. The molecule has 3 aromatic rings. The molecule has 0 saturated heterocycles. The van der Waals surface area contributed by atoms with Crippen molar-refractivity contribution in [2.75, 3.05) is 0 Å². The number of imidazole rings is 1. The summed E-state index contributed by atoms with van der Waals surface area (Å²) in [6, 6.07) is 13.5. The van der Waals surface area contributed by atoms with Gasteiger partial charge in [-0.1, -0.05) is 42.3 Å². The predicted molar refractivity (Wildman–Crippen MR) is 80.5 cm³/mol. The van der Waals surface area contributed by atoms with Gasteiger partial charge in [-0.3, -0.25) is 4.57 Å². The van der Waals surface area contributed by atoms with E-state index in [0.717, 1.165) is 29.0 Å². The molecule has 1 heterocycles. The van der Waals surface area contributed by atoms with E-state index < -0.39 is 0 Å². The van der Waals surface area contributed by atoms with Crippen LogP contribution in [0.1, 0.15) is 12.7 Å². The standard InChI is InChI=1S/C15H12Cl2N2/c1-2-14-18-13-8-4-7-12(17)15(13)19(14)11-6-3-5-10(16)9-11/h3-9H,2H2,1H3. The molecule has 0 N–H and O–H groups in total. The van der Waals surface area contributed by atoms with Crippen molar-refractivity contribution in [2.45, 2.75) is 13.3 Å². The third kappa shape index (κ3) is 2.11. The largest absolute Gasteiger partial charge is 0.295 e. The van der Waals surface area contributed by atoms with Crippen molar-refractivity contribution in [2.24, 2.45) is 0 Å². The van der Waals surface area contributed by atoms with E-state index in [9.17, 15) is 0 Å². The third-order valence-corrected chi connectivity index (χ3v) is 3.62. The molecule has 4 heteroatoms. The van der Waals surface area contributed by atoms with E-state index >= 15 is 0 Å². The first-order valence-electron chi connectivity index (χ1n) is 6.12. The molecule has 0 aliphatic rings. The second-order valence-corrected chi connectivity index (χ2v) is 5.15. The quantitative estimate of drug-likeness (QED) is 0.657. The van der Waals surface area contributed by atoms with Gasteiger partial charge in [0.2, 0.25) is 0 Å². The van der Waals surface area contributed by atoms with E-state index in [1.54, 1.807) is 0 Å². The zero-order chi connectivity index (χ0) is 13.4. The average Bonchev–Trinajstić information content (AvgIpc) is 2.78. The highest BCUT2D eigenvalue weighted by molar-refractivity contribution is 6.35. The lowest BCUT2D eigenvalue weighted by Gasteiger charge is -2.09. The van der Waals surface area contributed by atoms with Gasteiger partial charge in [-0.15, -0.1) is 0 Å². The Kier molecular flexibility index (Phi) is 3.21. The summed E-state index contributed by atoms with van der Waals surface area (Å²) in [6.45, 7) is 2.08. The Morgan fingerprint density at radius 2 is 1.89 bits per heavy atom. The van der Waals surface area contributed by atoms with Crippen LogP contribution in [0.5, 0.6) is 0 Å². The molecule has 0 amide bonds. The lowest BCUT2D eigenvalue weighted by molar-refractivity contribution is 0.908. The van der Waals surface area contributed by atoms with Crippen molar-refractivity contribution in [3.05, 3.63) is 58.3 Å². The van der Waals surface area contributed by atoms with Crippen LogP contribution in [-0.2, 0) is 6.42 Å². The second-order valence-electron chi connectivity index (χ2n) is 4.30. The van der Waals surface area contributed by atoms with Gasteiger partial charge in [-0.25, -0.2) is 4.98 Å². The Bertz CT molecular complexity index is 747. The van der Waals surface area contributed by atoms with E-state index in [0.29, 0.717) is 10.0 Å². The van der Waals surface area contributed by atoms with E-state index in [4.69, 9.17) is 23.2 Å². The molecule has 0 bridgehead atoms. The van der Waals surface area contributed by atoms with Crippen molar-refractivity contribution in [1.82, 2.24) is 9.55 Å². The summed E-state index contributed by atoms with van der Waals surface area (Å²) in [5, 5.41) is 1.40. The molecule has 3 rings (SSSR count). The van der Waals surface area contributed by atoms with Crippen LogP contribution in [0.3, 0.4) is 0 Å². The van der Waals surface area contributed by atoms with Gasteiger partial charge in [-0.2, -0.15) is 0 Å². The van der Waals surface area contributed by atoms with Gasteiger partial charge in [0.25, 0.3) is 0 Å². The van der Waals surface area contributed by atoms with Crippen LogP contribution in [0.25, 0.3) is 16.7 Å². The molecule has 96 valence electrons. The Morgan fingerprint density at radius 1 is 1.11 bits per heavy atom. The van der Waals surface area contributed by atoms with Crippen molar-refractivity contribution in [3.63, 3.8) is 0 Å². The highest BCUT2D eigenvalue weighted by atomic mass is 35.5. The van der Waals surface area contributed by atoms with Crippen molar-refractivity contribution < 1.29 is 0 Å². The van der Waals surface area contributed by atoms with Crippen LogP contribution >= 0.6 is 23.2 Å². The number of aromatic nitrogens is 2. The summed E-state index contributed by atoms with van der Waals surface area (Å²) < 4.78 is 2.07. The molecule has 2 aromatic carbocycles. The smallest absolute Gasteiger partial charge is 0.114 e. The number of hydrogen-bond acceptors (Lipinski definition) is 1. The number of fused-ring (bicyclic) bond motifs is 1. The van der Waals surface area contributed by atoms with Crippen LogP contribution in [0.15, 0.2) is 42.5 Å². The predicted octanol–water partition coefficient (Wildman–Crippen LogP) is 4.89. The molecule has 1 aromatic heterocycles. The first-order valence-corrected chi connectivity index (χ1v) is 6.88. The van der Waals surface area contributed by atoms with Gasteiger partial charge in [0.15, 0.2) is 0 Å². The molecule has 0 atom stereocenters. The van der Waals surface area contributed by atoms with Gasteiger partial charge in [0.1, 0.15) is 5.82 Å². The Labute approximate surface area is 121 Å². The molecule has 0 radical (unpaired) electrons. The third-order valence-electron chi connectivity index (χ3n) is 3.08. The van der Waals surface area contributed by atoms with E-state index in [1.807, 2.05) is 42.5 Å². The number of rotatable bonds is 2. The van der Waals surface area contributed by atoms with E-state index in [-0.39, 0.29) is 0 Å². The first-order chi connectivity index (χ1) is 9.20. The minimum atomic E-state index is 0.699. The number of hydrogen-bond donors (Lipinski definition) is 0. The molecule has 2 nitrogen and oxygen atoms in total. The maximum Gasteiger partial charge on any atom is 0.114 e. The van der Waals surface area contributed by atoms with Crippen molar-refractivity contribution in [1.29, 1.82) is 0 Å². The van der Waals surface area contributed by atoms with Gasteiger partial charge in [0.05, 0.1) is 16.1 Å². The number of benzene rings is 2. The van der Waals surface area contributed by atoms with Gasteiger partial charge < -0.3 is 0 Å². The highest BCUT2D eigenvalue weighted by Gasteiger charge is 2.13. The molecule has 0 unspecified atom stereocenters. The van der Waals surface area contributed by atoms with Crippen LogP contribution in [-0.4, -0.2) is 9.55 Å². The van der Waals surface area contributed by atoms with Crippen molar-refractivity contribution in [3.8, 4) is 5.69 Å². The average molecular weight is 291 g/mol. The summed E-state index contributed by atoms with van der Waals surface area (Å²) in [6.07, 6.45) is 0.831. The summed E-state index contributed by atoms with van der Waals surface area (Å²) >= 11 is 12.4. The summed E-state index contributed by atoms with van der Waals surface area (Å²) in [7, 11) is 0. The maximum absolute atomic E-state index is 6.33. The number of halogens is 2. The Morgan fingerprint density at radius 3 is 2.63 bits per heavy atom. The van der Waals surface area contributed by atoms with Gasteiger partial charge >= 0.3 is 0 Å². The molecular weight excluding hydrogens is 279 g/mol. The van der Waals surface area contributed by atoms with Crippen LogP contribution in [0.4, 0.5) is 0 Å². The molecular formula is C15H12Cl2N2. The van der Waals surface area contributed by atoms with Crippen LogP contribution in [0.2, 0.25) is 10.0 Å². The molecule has 0 aliphatic heterocycles. The number of para-hydroxylation sites is 1. The Balaban J connectivity index is 2.38. The Hall–Kier alpha value is -1.51. The zero-order valence-electron chi connectivity index (χ0n) is 10.4. The van der Waals surface area contributed by atoms with Gasteiger partial charge in [0, 0.05) is 17.1 Å². The highest BCUT2D eigenvalue weighted by Crippen LogP contribution is 2.28. The van der Waals surface area contributed by atoms with E-state index in [2.05, 4.69) is 16.5 Å². The van der Waals surface area contributed by atoms with Gasteiger partial charge in [-0.05, 0) is 30.3 Å². The topological polar surface area (TPSA) is 17.8 Å². The first kappa shape index (κ1) is 12.5. The van der Waals surface area contributed by atoms with Crippen LogP contribution in [0, 0.1) is 0 Å². The molecule has 0 aliphatic carbocycles. The van der Waals surface area contributed by atoms with Crippen LogP contribution < -0.4 is 0 Å². The monoisotopic (exact) mass is 290 g/mol. The minimum absolute atomic E-state index is 0.699. The normalized spacial score (nSPS) is 11.1.